The van der Waals surface area contributed by atoms with E-state index in [0.717, 1.165) is 11.6 Å². The number of benzene rings is 1. The molecule has 1 heterocycles. The van der Waals surface area contributed by atoms with Crippen molar-refractivity contribution in [2.24, 2.45) is 0 Å². The van der Waals surface area contributed by atoms with Crippen LogP contribution in [0.4, 0.5) is 11.4 Å². The highest BCUT2D eigenvalue weighted by atomic mass is 35.5. The molecule has 0 atom stereocenters. The number of rotatable bonds is 1. The van der Waals surface area contributed by atoms with Gasteiger partial charge in [0.1, 0.15) is 0 Å². The Balaban J connectivity index is 2.06. The molecule has 3 heteroatoms. The van der Waals surface area contributed by atoms with Crippen molar-refractivity contribution < 1.29 is 0 Å². The standard InChI is InChI=1S/C14H19ClN2/c1-10(2)17-13-5-4-11(15)8-12(13)16-9-14(17)6-3-7-14/h4-5,8,10,16H,3,6-7,9H2,1-2H3. The van der Waals surface area contributed by atoms with E-state index in [4.69, 9.17) is 11.6 Å². The Bertz CT molecular complexity index is 438. The molecule has 3 rings (SSSR count). The zero-order chi connectivity index (χ0) is 12.0. The van der Waals surface area contributed by atoms with Gasteiger partial charge in [-0.15, -0.1) is 0 Å². The average molecular weight is 251 g/mol. The lowest BCUT2D eigenvalue weighted by Crippen LogP contribution is -2.62. The van der Waals surface area contributed by atoms with Crippen LogP contribution in [0.1, 0.15) is 33.1 Å². The molecule has 1 saturated carbocycles. The maximum atomic E-state index is 6.06. The molecule has 1 fully saturated rings. The molecule has 1 N–H and O–H groups in total. The summed E-state index contributed by atoms with van der Waals surface area (Å²) in [5.74, 6) is 0. The van der Waals surface area contributed by atoms with Crippen molar-refractivity contribution in [3.8, 4) is 0 Å². The van der Waals surface area contributed by atoms with Crippen LogP contribution in [0, 0.1) is 0 Å². The van der Waals surface area contributed by atoms with Crippen molar-refractivity contribution in [1.82, 2.24) is 0 Å². The first-order chi connectivity index (χ1) is 8.12. The third kappa shape index (κ3) is 1.61. The summed E-state index contributed by atoms with van der Waals surface area (Å²) in [5, 5.41) is 4.36. The second-order valence-corrected chi connectivity index (χ2v) is 5.99. The highest BCUT2D eigenvalue weighted by Crippen LogP contribution is 2.47. The van der Waals surface area contributed by atoms with Crippen LogP contribution in [0.2, 0.25) is 5.02 Å². The zero-order valence-electron chi connectivity index (χ0n) is 10.5. The van der Waals surface area contributed by atoms with Crippen LogP contribution in [-0.2, 0) is 0 Å². The largest absolute Gasteiger partial charge is 0.381 e. The third-order valence-electron chi connectivity index (χ3n) is 4.14. The van der Waals surface area contributed by atoms with E-state index in [-0.39, 0.29) is 0 Å². The smallest absolute Gasteiger partial charge is 0.0610 e. The van der Waals surface area contributed by atoms with E-state index in [0.29, 0.717) is 11.6 Å². The number of halogens is 1. The van der Waals surface area contributed by atoms with E-state index in [9.17, 15) is 0 Å². The van der Waals surface area contributed by atoms with Gasteiger partial charge in [-0.05, 0) is 51.3 Å². The predicted molar refractivity (Wildman–Crippen MR) is 74.1 cm³/mol. The van der Waals surface area contributed by atoms with Gasteiger partial charge in [0, 0.05) is 17.6 Å². The van der Waals surface area contributed by atoms with Gasteiger partial charge >= 0.3 is 0 Å². The van der Waals surface area contributed by atoms with Crippen molar-refractivity contribution in [3.63, 3.8) is 0 Å². The van der Waals surface area contributed by atoms with Gasteiger partial charge in [-0.25, -0.2) is 0 Å². The summed E-state index contributed by atoms with van der Waals surface area (Å²) >= 11 is 6.06. The Hall–Kier alpha value is -0.890. The topological polar surface area (TPSA) is 15.3 Å². The van der Waals surface area contributed by atoms with E-state index in [1.165, 1.54) is 30.6 Å². The lowest BCUT2D eigenvalue weighted by molar-refractivity contribution is 0.226. The number of nitrogens with zero attached hydrogens (tertiary/aromatic N) is 1. The lowest BCUT2D eigenvalue weighted by Gasteiger charge is -2.56. The van der Waals surface area contributed by atoms with Gasteiger partial charge < -0.3 is 10.2 Å². The first kappa shape index (κ1) is 11.2. The normalized spacial score (nSPS) is 21.1. The van der Waals surface area contributed by atoms with Gasteiger partial charge in [0.2, 0.25) is 0 Å². The quantitative estimate of drug-likeness (QED) is 0.813. The van der Waals surface area contributed by atoms with Crippen molar-refractivity contribution >= 4 is 23.0 Å². The molecule has 1 aliphatic heterocycles. The fraction of sp³-hybridized carbons (Fsp3) is 0.571. The fourth-order valence-electron chi connectivity index (χ4n) is 3.29. The van der Waals surface area contributed by atoms with E-state index < -0.39 is 0 Å². The van der Waals surface area contributed by atoms with Crippen LogP contribution in [0.15, 0.2) is 18.2 Å². The lowest BCUT2D eigenvalue weighted by atomic mass is 9.73. The second kappa shape index (κ2) is 3.81. The van der Waals surface area contributed by atoms with Crippen LogP contribution >= 0.6 is 11.6 Å². The van der Waals surface area contributed by atoms with Gasteiger partial charge in [-0.1, -0.05) is 11.6 Å². The molecule has 1 spiro atoms. The molecule has 1 aromatic carbocycles. The average Bonchev–Trinajstić information content (AvgIpc) is 2.24. The molecule has 0 radical (unpaired) electrons. The van der Waals surface area contributed by atoms with E-state index in [2.05, 4.69) is 30.1 Å². The number of anilines is 2. The molecule has 0 bridgehead atoms. The Labute approximate surface area is 108 Å². The molecule has 0 amide bonds. The van der Waals surface area contributed by atoms with E-state index in [1.807, 2.05) is 12.1 Å². The fourth-order valence-corrected chi connectivity index (χ4v) is 3.46. The SMILES string of the molecule is CC(C)N1c2ccc(Cl)cc2NCC12CCC2. The third-order valence-corrected chi connectivity index (χ3v) is 4.37. The molecule has 17 heavy (non-hydrogen) atoms. The molecule has 2 aliphatic rings. The van der Waals surface area contributed by atoms with Gasteiger partial charge in [-0.2, -0.15) is 0 Å². The minimum atomic E-state index is 0.356. The highest BCUT2D eigenvalue weighted by molar-refractivity contribution is 6.31. The molecular formula is C14H19ClN2. The summed E-state index contributed by atoms with van der Waals surface area (Å²) < 4.78 is 0. The highest BCUT2D eigenvalue weighted by Gasteiger charge is 2.46. The predicted octanol–water partition coefficient (Wildman–Crippen LogP) is 3.90. The van der Waals surface area contributed by atoms with Crippen LogP contribution in [0.25, 0.3) is 0 Å². The maximum Gasteiger partial charge on any atom is 0.0610 e. The van der Waals surface area contributed by atoms with Crippen molar-refractivity contribution in [3.05, 3.63) is 23.2 Å². The summed E-state index contributed by atoms with van der Waals surface area (Å²) in [6, 6.07) is 6.73. The Morgan fingerprint density at radius 2 is 2.12 bits per heavy atom. The maximum absolute atomic E-state index is 6.06. The number of nitrogens with one attached hydrogen (secondary N) is 1. The van der Waals surface area contributed by atoms with Crippen molar-refractivity contribution in [2.75, 3.05) is 16.8 Å². The summed E-state index contributed by atoms with van der Waals surface area (Å²) in [7, 11) is 0. The van der Waals surface area contributed by atoms with E-state index >= 15 is 0 Å². The minimum Gasteiger partial charge on any atom is -0.381 e. The monoisotopic (exact) mass is 250 g/mol. The zero-order valence-corrected chi connectivity index (χ0v) is 11.2. The van der Waals surface area contributed by atoms with Crippen LogP contribution < -0.4 is 10.2 Å². The molecule has 1 aliphatic carbocycles. The van der Waals surface area contributed by atoms with Crippen LogP contribution in [0.5, 0.6) is 0 Å². The van der Waals surface area contributed by atoms with Gasteiger partial charge in [0.05, 0.1) is 16.9 Å². The van der Waals surface area contributed by atoms with Crippen LogP contribution in [0.3, 0.4) is 0 Å². The molecule has 92 valence electrons. The first-order valence-electron chi connectivity index (χ1n) is 6.45. The molecule has 1 aromatic rings. The molecule has 2 nitrogen and oxygen atoms in total. The number of hydrogen-bond donors (Lipinski definition) is 1. The van der Waals surface area contributed by atoms with Crippen molar-refractivity contribution in [2.45, 2.75) is 44.7 Å². The van der Waals surface area contributed by atoms with Gasteiger partial charge in [0.15, 0.2) is 0 Å². The Morgan fingerprint density at radius 3 is 2.71 bits per heavy atom. The number of fused-ring (bicyclic) bond motifs is 1. The molecule has 0 aromatic heterocycles. The summed E-state index contributed by atoms with van der Waals surface area (Å²) in [6.07, 6.45) is 3.97. The van der Waals surface area contributed by atoms with Gasteiger partial charge in [-0.3, -0.25) is 0 Å². The van der Waals surface area contributed by atoms with Crippen LogP contribution in [-0.4, -0.2) is 18.1 Å². The Kier molecular flexibility index (Phi) is 2.51. The summed E-state index contributed by atoms with van der Waals surface area (Å²) in [4.78, 5) is 2.60. The van der Waals surface area contributed by atoms with E-state index in [1.54, 1.807) is 0 Å². The minimum absolute atomic E-state index is 0.356. The summed E-state index contributed by atoms with van der Waals surface area (Å²) in [6.45, 7) is 5.62. The number of hydrogen-bond acceptors (Lipinski definition) is 2. The Morgan fingerprint density at radius 1 is 1.35 bits per heavy atom. The van der Waals surface area contributed by atoms with Gasteiger partial charge in [0.25, 0.3) is 0 Å². The summed E-state index contributed by atoms with van der Waals surface area (Å²) in [5.41, 5.74) is 2.86. The second-order valence-electron chi connectivity index (χ2n) is 5.56. The van der Waals surface area contributed by atoms with Crippen molar-refractivity contribution in [1.29, 1.82) is 0 Å². The molecule has 0 saturated heterocycles. The molecular weight excluding hydrogens is 232 g/mol. The molecule has 0 unspecified atom stereocenters. The first-order valence-corrected chi connectivity index (χ1v) is 6.83.